The van der Waals surface area contributed by atoms with Crippen LogP contribution in [-0.2, 0) is 0 Å². The fourth-order valence-electron chi connectivity index (χ4n) is 19.6. The van der Waals surface area contributed by atoms with Crippen LogP contribution in [0.2, 0.25) is 0 Å². The largest absolute Gasteiger partial charge is 0.309 e. The van der Waals surface area contributed by atoms with E-state index in [1.807, 2.05) is 0 Å². The Bertz CT molecular complexity index is 8060. The summed E-state index contributed by atoms with van der Waals surface area (Å²) >= 11 is 0. The smallest absolute Gasteiger partial charge is 0.0553 e. The zero-order valence-electron chi connectivity index (χ0n) is 64.6. The molecule has 2 nitrogen and oxygen atoms in total. The van der Waals surface area contributed by atoms with Gasteiger partial charge in [0.05, 0.1) is 22.1 Å². The highest BCUT2D eigenvalue weighted by Crippen LogP contribution is 2.51. The third-order valence-electron chi connectivity index (χ3n) is 24.7. The van der Waals surface area contributed by atoms with E-state index in [0.29, 0.717) is 0 Å². The van der Waals surface area contributed by atoms with Crippen LogP contribution in [-0.4, -0.2) is 9.13 Å². The van der Waals surface area contributed by atoms with Gasteiger partial charge in [-0.05, 0) is 242 Å². The van der Waals surface area contributed by atoms with Crippen LogP contribution in [0, 0.1) is 0 Å². The van der Waals surface area contributed by atoms with Crippen LogP contribution >= 0.6 is 0 Å². The first-order valence-electron chi connectivity index (χ1n) is 40.9. The SMILES string of the molecule is c1ccc(-c2c3ccccc3c(-c3cccc(-c4cccc(-c5cc6c(c7ccccc57)c5c7ccccc7ccc5n6-c5ccccc5)c4)c3)c3ccccc23)cc1.c1ccc(-c2ccc3c(-c4ccc(-c5cc6c(c7ccccc57)c5c7ccccc7ccc5n6-c5ccccc5)cc4)c4ccccc4c(-c4ccccc4)c3c2)cc1. The first-order valence-corrected chi connectivity index (χ1v) is 40.9. The standard InChI is InChI=1S/2C58H37N/c1-4-16-38(17-5-1)43-32-34-50-52(36-43)56(41-19-6-2-7-20-41)49-27-15-14-26-48(49)55(50)42-30-28-40(29-31-42)51-37-54-58(47-25-13-12-24-46(47)51)57-45-23-11-10-18-39(45)33-35-53(57)59(54)44-21-8-3-9-22-44;1-3-18-39(19-4-1)55-48-29-11-13-31-50(48)56(51-32-14-12-30-49(51)55)43-23-16-21-41(36-43)40-20-15-22-42(35-40)52-37-54-58(47-28-10-9-27-46(47)52)57-45-26-8-7-17-38(45)33-34-53(57)59(54)44-24-5-2-6-25-44/h2*1-37H. The average molecular weight is 1500 g/mol. The van der Waals surface area contributed by atoms with Crippen molar-refractivity contribution in [2.45, 2.75) is 0 Å². The van der Waals surface area contributed by atoms with Gasteiger partial charge in [0.1, 0.15) is 0 Å². The summed E-state index contributed by atoms with van der Waals surface area (Å²) < 4.78 is 4.91. The molecule has 0 N–H and O–H groups in total. The number of hydrogen-bond acceptors (Lipinski definition) is 0. The summed E-state index contributed by atoms with van der Waals surface area (Å²) in [7, 11) is 0. The van der Waals surface area contributed by atoms with Gasteiger partial charge in [0.2, 0.25) is 0 Å². The molecule has 0 saturated heterocycles. The Hall–Kier alpha value is -15.5. The zero-order chi connectivity index (χ0) is 77.7. The number of rotatable bonds is 10. The molecule has 0 amide bonds. The highest BCUT2D eigenvalue weighted by Gasteiger charge is 2.25. The lowest BCUT2D eigenvalue weighted by molar-refractivity contribution is 1.18. The summed E-state index contributed by atoms with van der Waals surface area (Å²) in [4.78, 5) is 0. The number of benzene rings is 22. The van der Waals surface area contributed by atoms with Gasteiger partial charge in [-0.2, -0.15) is 0 Å². The molecule has 0 bridgehead atoms. The molecule has 0 unspecified atom stereocenters. The predicted molar refractivity (Wildman–Crippen MR) is 505 cm³/mol. The Morgan fingerprint density at radius 3 is 0.856 bits per heavy atom. The van der Waals surface area contributed by atoms with Crippen molar-refractivity contribution in [3.05, 3.63) is 449 Å². The van der Waals surface area contributed by atoms with E-state index in [4.69, 9.17) is 0 Å². The van der Waals surface area contributed by atoms with Gasteiger partial charge in [-0.1, -0.05) is 382 Å². The summed E-state index contributed by atoms with van der Waals surface area (Å²) in [5.41, 5.74) is 26.8. The van der Waals surface area contributed by atoms with Crippen molar-refractivity contribution in [2.24, 2.45) is 0 Å². The maximum Gasteiger partial charge on any atom is 0.0553 e. The molecule has 0 aliphatic carbocycles. The lowest BCUT2D eigenvalue weighted by Crippen LogP contribution is -1.94. The molecule has 118 heavy (non-hydrogen) atoms. The molecule has 2 heteroatoms. The molecule has 22 aromatic carbocycles. The monoisotopic (exact) mass is 1490 g/mol. The molecule has 0 atom stereocenters. The van der Waals surface area contributed by atoms with E-state index < -0.39 is 0 Å². The molecule has 0 fully saturated rings. The van der Waals surface area contributed by atoms with Crippen LogP contribution in [0.4, 0.5) is 0 Å². The second-order valence-electron chi connectivity index (χ2n) is 31.2. The molecule has 0 saturated carbocycles. The van der Waals surface area contributed by atoms with E-state index in [2.05, 4.69) is 458 Å². The molecule has 2 aromatic heterocycles. The van der Waals surface area contributed by atoms with Gasteiger partial charge in [-0.25, -0.2) is 0 Å². The summed E-state index contributed by atoms with van der Waals surface area (Å²) in [6, 6.07) is 165. The van der Waals surface area contributed by atoms with Crippen LogP contribution in [0.5, 0.6) is 0 Å². The van der Waals surface area contributed by atoms with Gasteiger partial charge >= 0.3 is 0 Å². The van der Waals surface area contributed by atoms with Crippen LogP contribution in [0.15, 0.2) is 449 Å². The molecular weight excluding hydrogens is 1420 g/mol. The lowest BCUT2D eigenvalue weighted by atomic mass is 9.84. The lowest BCUT2D eigenvalue weighted by Gasteiger charge is -2.19. The summed E-state index contributed by atoms with van der Waals surface area (Å²) in [6.45, 7) is 0. The van der Waals surface area contributed by atoms with Crippen molar-refractivity contribution in [3.63, 3.8) is 0 Å². The molecule has 2 heterocycles. The van der Waals surface area contributed by atoms with E-state index in [1.165, 1.54) is 219 Å². The molecule has 24 rings (SSSR count). The maximum absolute atomic E-state index is 2.46. The summed E-state index contributed by atoms with van der Waals surface area (Å²) in [6.07, 6.45) is 0. The summed E-state index contributed by atoms with van der Waals surface area (Å²) in [5, 5.41) is 25.4. The Labute approximate surface area is 683 Å². The summed E-state index contributed by atoms with van der Waals surface area (Å²) in [5.74, 6) is 0. The van der Waals surface area contributed by atoms with Crippen molar-refractivity contribution < 1.29 is 0 Å². The maximum atomic E-state index is 2.46. The highest BCUT2D eigenvalue weighted by molar-refractivity contribution is 6.33. The fraction of sp³-hybridized carbons (Fsp3) is 0. The first kappa shape index (κ1) is 68.1. The van der Waals surface area contributed by atoms with Crippen LogP contribution in [0.3, 0.4) is 0 Å². The quantitative estimate of drug-likeness (QED) is 0.121. The highest BCUT2D eigenvalue weighted by atomic mass is 15.0. The minimum absolute atomic E-state index is 1.16. The minimum atomic E-state index is 1.16. The van der Waals surface area contributed by atoms with Crippen LogP contribution in [0.25, 0.3) is 230 Å². The zero-order valence-corrected chi connectivity index (χ0v) is 64.6. The van der Waals surface area contributed by atoms with E-state index >= 15 is 0 Å². The van der Waals surface area contributed by atoms with E-state index in [1.54, 1.807) is 0 Å². The van der Waals surface area contributed by atoms with Gasteiger partial charge in [0.15, 0.2) is 0 Å². The Kier molecular flexibility index (Phi) is 16.3. The Morgan fingerprint density at radius 2 is 0.407 bits per heavy atom. The van der Waals surface area contributed by atoms with Crippen molar-refractivity contribution in [3.8, 4) is 100 Å². The second kappa shape index (κ2) is 28.3. The van der Waals surface area contributed by atoms with E-state index in [9.17, 15) is 0 Å². The average Bonchev–Trinajstić information content (AvgIpc) is 1.57. The fourth-order valence-corrected chi connectivity index (χ4v) is 19.6. The van der Waals surface area contributed by atoms with Crippen molar-refractivity contribution in [1.29, 1.82) is 0 Å². The molecule has 0 aliphatic heterocycles. The number of nitrogens with zero attached hydrogens (tertiary/aromatic N) is 2. The van der Waals surface area contributed by atoms with Gasteiger partial charge in [0, 0.05) is 32.9 Å². The third-order valence-corrected chi connectivity index (χ3v) is 24.7. The first-order chi connectivity index (χ1) is 58.6. The molecule has 24 aromatic rings. The molecule has 0 spiro atoms. The topological polar surface area (TPSA) is 9.86 Å². The van der Waals surface area contributed by atoms with Crippen LogP contribution in [0.1, 0.15) is 0 Å². The Balaban J connectivity index is 0.000000138. The normalized spacial score (nSPS) is 11.7. The van der Waals surface area contributed by atoms with E-state index in [-0.39, 0.29) is 0 Å². The number of fused-ring (bicyclic) bond motifs is 18. The van der Waals surface area contributed by atoms with E-state index in [0.717, 1.165) is 11.4 Å². The van der Waals surface area contributed by atoms with Gasteiger partial charge in [-0.3, -0.25) is 0 Å². The predicted octanol–water partition coefficient (Wildman–Crippen LogP) is 32.1. The van der Waals surface area contributed by atoms with Crippen molar-refractivity contribution in [2.75, 3.05) is 0 Å². The number of hydrogen-bond donors (Lipinski definition) is 0. The number of para-hydroxylation sites is 2. The minimum Gasteiger partial charge on any atom is -0.309 e. The van der Waals surface area contributed by atoms with Crippen molar-refractivity contribution in [1.82, 2.24) is 9.13 Å². The Morgan fingerprint density at radius 1 is 0.127 bits per heavy atom. The van der Waals surface area contributed by atoms with Gasteiger partial charge in [0.25, 0.3) is 0 Å². The second-order valence-corrected chi connectivity index (χ2v) is 31.2. The molecule has 548 valence electrons. The molecule has 0 aliphatic rings. The number of aromatic nitrogens is 2. The van der Waals surface area contributed by atoms with Gasteiger partial charge in [-0.15, -0.1) is 0 Å². The van der Waals surface area contributed by atoms with Crippen LogP contribution < -0.4 is 0 Å². The van der Waals surface area contributed by atoms with Crippen molar-refractivity contribution >= 4 is 130 Å². The van der Waals surface area contributed by atoms with Gasteiger partial charge < -0.3 is 9.13 Å². The molecule has 0 radical (unpaired) electrons. The molecular formula is C116H74N2. The third kappa shape index (κ3) is 11.2.